The summed E-state index contributed by atoms with van der Waals surface area (Å²) in [5.41, 5.74) is 8.50. The van der Waals surface area contributed by atoms with E-state index in [2.05, 4.69) is 34.5 Å². The quantitative estimate of drug-likeness (QED) is 0.610. The largest absolute Gasteiger partial charge is 0.456 e. The number of esters is 1. The summed E-state index contributed by atoms with van der Waals surface area (Å²) in [6, 6.07) is 5.55. The number of hydrogen-bond donors (Lipinski definition) is 0. The fraction of sp³-hybridized carbons (Fsp3) is 0.400. The Bertz CT molecular complexity index is 702. The Labute approximate surface area is 143 Å². The smallest absolute Gasteiger partial charge is 0.357 e. The van der Waals surface area contributed by atoms with E-state index in [1.54, 1.807) is 6.07 Å². The van der Waals surface area contributed by atoms with E-state index in [0.29, 0.717) is 11.6 Å². The van der Waals surface area contributed by atoms with E-state index in [1.807, 2.05) is 26.0 Å². The number of ether oxygens (including phenoxy) is 1. The fourth-order valence-corrected chi connectivity index (χ4v) is 2.78. The molecule has 0 aromatic carbocycles. The van der Waals surface area contributed by atoms with Crippen LogP contribution in [-0.4, -0.2) is 35.5 Å². The average Bonchev–Trinajstić information content (AvgIpc) is 2.60. The molecule has 1 aliphatic heterocycles. The molecule has 2 heterocycles. The van der Waals surface area contributed by atoms with Crippen molar-refractivity contribution in [2.75, 3.05) is 19.7 Å². The summed E-state index contributed by atoms with van der Waals surface area (Å²) in [6.45, 7) is 13.4. The summed E-state index contributed by atoms with van der Waals surface area (Å²) in [5, 5.41) is 0. The second-order valence-corrected chi connectivity index (χ2v) is 6.10. The van der Waals surface area contributed by atoms with E-state index in [4.69, 9.17) is 4.74 Å². The molecule has 0 aliphatic carbocycles. The highest BCUT2D eigenvalue weighted by molar-refractivity contribution is 5.87. The number of piperidine rings is 1. The second-order valence-electron chi connectivity index (χ2n) is 6.10. The van der Waals surface area contributed by atoms with Gasteiger partial charge in [0.1, 0.15) is 12.3 Å². The van der Waals surface area contributed by atoms with Crippen LogP contribution in [0.3, 0.4) is 0 Å². The topological polar surface area (TPSA) is 42.4 Å². The van der Waals surface area contributed by atoms with Gasteiger partial charge in [-0.15, -0.1) is 0 Å². The zero-order chi connectivity index (χ0) is 17.5. The number of nitrogens with zero attached hydrogens (tertiary/aromatic N) is 2. The average molecular weight is 324 g/mol. The van der Waals surface area contributed by atoms with Gasteiger partial charge in [0.25, 0.3) is 0 Å². The van der Waals surface area contributed by atoms with Gasteiger partial charge in [-0.05, 0) is 45.4 Å². The van der Waals surface area contributed by atoms with Crippen LogP contribution >= 0.6 is 0 Å². The van der Waals surface area contributed by atoms with E-state index in [-0.39, 0.29) is 6.61 Å². The molecular weight excluding hydrogens is 300 g/mol. The summed E-state index contributed by atoms with van der Waals surface area (Å²) < 4.78 is 5.24. The van der Waals surface area contributed by atoms with Gasteiger partial charge in [0.2, 0.25) is 0 Å². The van der Waals surface area contributed by atoms with Crippen LogP contribution in [0.4, 0.5) is 0 Å². The minimum atomic E-state index is -0.415. The molecule has 0 atom stereocenters. The zero-order valence-electron chi connectivity index (χ0n) is 14.5. The highest BCUT2D eigenvalue weighted by Gasteiger charge is 2.22. The van der Waals surface area contributed by atoms with Crippen LogP contribution in [0.25, 0.3) is 0 Å². The standard InChI is InChI=1S/C20H24N2O2/c1-5-7-16(4)14-24-20(23)19-9-6-8-18(21-19)17-10-12-22(13-11-17)15(2)3/h6,8-9,17H,1-2,10-14H2,3-4H3. The molecule has 4 nitrogen and oxygen atoms in total. The van der Waals surface area contributed by atoms with Crippen LogP contribution < -0.4 is 0 Å². The lowest BCUT2D eigenvalue weighted by atomic mass is 9.92. The number of allylic oxidation sites excluding steroid dienone is 1. The third kappa shape index (κ3) is 4.73. The Hall–Kier alpha value is -2.54. The van der Waals surface area contributed by atoms with Crippen molar-refractivity contribution in [1.29, 1.82) is 0 Å². The Balaban J connectivity index is 2.01. The van der Waals surface area contributed by atoms with Crippen LogP contribution in [-0.2, 0) is 4.74 Å². The normalized spacial score (nSPS) is 14.5. The summed E-state index contributed by atoms with van der Waals surface area (Å²) in [4.78, 5) is 19.0. The predicted molar refractivity (Wildman–Crippen MR) is 94.7 cm³/mol. The number of carbonyl (C=O) groups excluding carboxylic acids is 1. The Morgan fingerprint density at radius 3 is 2.71 bits per heavy atom. The van der Waals surface area contributed by atoms with Crippen molar-refractivity contribution < 1.29 is 9.53 Å². The van der Waals surface area contributed by atoms with E-state index < -0.39 is 5.97 Å². The van der Waals surface area contributed by atoms with Crippen molar-refractivity contribution in [3.05, 3.63) is 65.5 Å². The minimum absolute atomic E-state index is 0.171. The maximum atomic E-state index is 12.1. The SMILES string of the molecule is C=C=C=C(C)COC(=O)c1cccc(C2CCN(C(=C)C)CC2)n1. The molecule has 1 aromatic rings. The van der Waals surface area contributed by atoms with Crippen molar-refractivity contribution in [1.82, 2.24) is 9.88 Å². The molecule has 1 fully saturated rings. The molecule has 0 unspecified atom stereocenters. The summed E-state index contributed by atoms with van der Waals surface area (Å²) in [7, 11) is 0. The van der Waals surface area contributed by atoms with Crippen molar-refractivity contribution in [3.8, 4) is 0 Å². The third-order valence-corrected chi connectivity index (χ3v) is 4.15. The molecule has 0 radical (unpaired) electrons. The van der Waals surface area contributed by atoms with Gasteiger partial charge in [0.15, 0.2) is 0 Å². The highest BCUT2D eigenvalue weighted by atomic mass is 16.5. The number of carbonyl (C=O) groups is 1. The summed E-state index contributed by atoms with van der Waals surface area (Å²) >= 11 is 0. The molecule has 126 valence electrons. The maximum absolute atomic E-state index is 12.1. The molecule has 2 rings (SSSR count). The van der Waals surface area contributed by atoms with Crippen LogP contribution in [0.1, 0.15) is 48.8 Å². The van der Waals surface area contributed by atoms with Crippen LogP contribution in [0, 0.1) is 0 Å². The lowest BCUT2D eigenvalue weighted by Gasteiger charge is -2.33. The highest BCUT2D eigenvalue weighted by Crippen LogP contribution is 2.28. The maximum Gasteiger partial charge on any atom is 0.357 e. The zero-order valence-corrected chi connectivity index (χ0v) is 14.5. The Morgan fingerprint density at radius 2 is 2.08 bits per heavy atom. The number of pyridine rings is 1. The van der Waals surface area contributed by atoms with Gasteiger partial charge in [-0.25, -0.2) is 9.78 Å². The van der Waals surface area contributed by atoms with Gasteiger partial charge < -0.3 is 9.64 Å². The number of hydrogen-bond acceptors (Lipinski definition) is 4. The molecule has 1 saturated heterocycles. The van der Waals surface area contributed by atoms with Gasteiger partial charge >= 0.3 is 5.97 Å². The molecule has 0 N–H and O–H groups in total. The van der Waals surface area contributed by atoms with E-state index in [1.165, 1.54) is 0 Å². The molecule has 1 aromatic heterocycles. The van der Waals surface area contributed by atoms with Crippen molar-refractivity contribution in [3.63, 3.8) is 0 Å². The lowest BCUT2D eigenvalue weighted by molar-refractivity contribution is 0.0533. The monoisotopic (exact) mass is 324 g/mol. The predicted octanol–water partition coefficient (Wildman–Crippen LogP) is 3.84. The lowest BCUT2D eigenvalue weighted by Crippen LogP contribution is -2.31. The number of rotatable bonds is 5. The van der Waals surface area contributed by atoms with Gasteiger partial charge in [0.05, 0.1) is 0 Å². The van der Waals surface area contributed by atoms with E-state index in [9.17, 15) is 4.79 Å². The summed E-state index contributed by atoms with van der Waals surface area (Å²) in [6.07, 6.45) is 2.04. The fourth-order valence-electron chi connectivity index (χ4n) is 2.78. The first-order valence-electron chi connectivity index (χ1n) is 8.16. The molecule has 0 saturated carbocycles. The number of aromatic nitrogens is 1. The Morgan fingerprint density at radius 1 is 1.38 bits per heavy atom. The molecule has 24 heavy (non-hydrogen) atoms. The van der Waals surface area contributed by atoms with Crippen LogP contribution in [0.5, 0.6) is 0 Å². The third-order valence-electron chi connectivity index (χ3n) is 4.15. The molecule has 1 aliphatic rings. The van der Waals surface area contributed by atoms with Crippen LogP contribution in [0.15, 0.2) is 54.1 Å². The first kappa shape index (κ1) is 17.8. The summed E-state index contributed by atoms with van der Waals surface area (Å²) in [5.74, 6) is -0.0416. The van der Waals surface area contributed by atoms with Gasteiger partial charge in [-0.3, -0.25) is 0 Å². The van der Waals surface area contributed by atoms with Gasteiger partial charge in [0, 0.05) is 36.0 Å². The minimum Gasteiger partial charge on any atom is -0.456 e. The Kier molecular flexibility index (Phi) is 6.20. The van der Waals surface area contributed by atoms with Crippen molar-refractivity contribution in [2.45, 2.75) is 32.6 Å². The van der Waals surface area contributed by atoms with Crippen molar-refractivity contribution in [2.24, 2.45) is 0 Å². The van der Waals surface area contributed by atoms with Crippen molar-refractivity contribution >= 4 is 5.97 Å². The molecule has 4 heteroatoms. The molecule has 0 bridgehead atoms. The van der Waals surface area contributed by atoms with Crippen LogP contribution in [0.2, 0.25) is 0 Å². The molecular formula is C20H24N2O2. The van der Waals surface area contributed by atoms with E-state index in [0.717, 1.165) is 42.9 Å². The van der Waals surface area contributed by atoms with Gasteiger partial charge in [-0.2, -0.15) is 0 Å². The first-order valence-corrected chi connectivity index (χ1v) is 8.16. The second kappa shape index (κ2) is 8.35. The molecule has 0 spiro atoms. The van der Waals surface area contributed by atoms with Gasteiger partial charge in [-0.1, -0.05) is 24.1 Å². The molecule has 0 amide bonds. The number of likely N-dealkylation sites (tertiary alicyclic amines) is 1. The first-order chi connectivity index (χ1) is 11.5. The van der Waals surface area contributed by atoms with E-state index >= 15 is 0 Å².